The molecule has 0 fully saturated rings. The Hall–Kier alpha value is -2.86. The van der Waals surface area contributed by atoms with Gasteiger partial charge in [-0.15, -0.1) is 0 Å². The van der Waals surface area contributed by atoms with E-state index in [4.69, 9.17) is 9.84 Å². The van der Waals surface area contributed by atoms with E-state index in [9.17, 15) is 14.7 Å². The van der Waals surface area contributed by atoms with Crippen molar-refractivity contribution in [3.63, 3.8) is 0 Å². The zero-order valence-corrected chi connectivity index (χ0v) is 13.9. The number of carbonyl (C=O) groups is 2. The number of nitrogens with one attached hydrogen (secondary N) is 1. The lowest BCUT2D eigenvalue weighted by atomic mass is 10.0. The van der Waals surface area contributed by atoms with Gasteiger partial charge in [-0.25, -0.2) is 4.79 Å². The number of carboxylic acids is 1. The summed E-state index contributed by atoms with van der Waals surface area (Å²) in [6, 6.07) is 13.8. The van der Waals surface area contributed by atoms with Gasteiger partial charge in [-0.2, -0.15) is 0 Å². The van der Waals surface area contributed by atoms with Crippen molar-refractivity contribution < 1.29 is 24.5 Å². The fourth-order valence-corrected chi connectivity index (χ4v) is 2.31. The van der Waals surface area contributed by atoms with Crippen LogP contribution in [0.25, 0.3) is 0 Å². The molecule has 2 aromatic carbocycles. The predicted octanol–water partition coefficient (Wildman–Crippen LogP) is 1.79. The van der Waals surface area contributed by atoms with Crippen LogP contribution in [0.5, 0.6) is 5.75 Å². The van der Waals surface area contributed by atoms with Crippen LogP contribution in [0.3, 0.4) is 0 Å². The first-order valence-electron chi connectivity index (χ1n) is 7.91. The summed E-state index contributed by atoms with van der Waals surface area (Å²) in [4.78, 5) is 23.1. The highest BCUT2D eigenvalue weighted by Crippen LogP contribution is 2.12. The van der Waals surface area contributed by atoms with Gasteiger partial charge in [0, 0.05) is 6.54 Å². The van der Waals surface area contributed by atoms with E-state index in [0.717, 1.165) is 5.56 Å². The van der Waals surface area contributed by atoms with Gasteiger partial charge in [-0.1, -0.05) is 30.3 Å². The quantitative estimate of drug-likeness (QED) is 0.679. The first kappa shape index (κ1) is 18.5. The topological polar surface area (TPSA) is 95.9 Å². The van der Waals surface area contributed by atoms with Gasteiger partial charge < -0.3 is 20.3 Å². The van der Waals surface area contributed by atoms with Gasteiger partial charge >= 0.3 is 5.97 Å². The molecule has 0 radical (unpaired) electrons. The molecule has 132 valence electrons. The molecule has 6 heteroatoms. The van der Waals surface area contributed by atoms with Gasteiger partial charge in [0.05, 0.1) is 12.0 Å². The zero-order chi connectivity index (χ0) is 18.2. The lowest BCUT2D eigenvalue weighted by Gasteiger charge is -2.14. The maximum Gasteiger partial charge on any atom is 0.335 e. The highest BCUT2D eigenvalue weighted by atomic mass is 16.5. The van der Waals surface area contributed by atoms with Crippen molar-refractivity contribution in [2.45, 2.75) is 19.4 Å². The van der Waals surface area contributed by atoms with E-state index < -0.39 is 12.1 Å². The number of aromatic carboxylic acids is 1. The number of hydrogen-bond donors (Lipinski definition) is 3. The molecule has 0 spiro atoms. The number of carboxylic acid groups (broad SMARTS) is 1. The Morgan fingerprint density at radius 3 is 2.64 bits per heavy atom. The lowest BCUT2D eigenvalue weighted by molar-refractivity contribution is -0.121. The van der Waals surface area contributed by atoms with Crippen molar-refractivity contribution in [3.05, 3.63) is 65.2 Å². The van der Waals surface area contributed by atoms with Gasteiger partial charge in [0.15, 0.2) is 0 Å². The molecule has 0 saturated carbocycles. The van der Waals surface area contributed by atoms with Crippen LogP contribution in [0.2, 0.25) is 0 Å². The Morgan fingerprint density at radius 2 is 1.92 bits per heavy atom. The third kappa shape index (κ3) is 5.93. The zero-order valence-electron chi connectivity index (χ0n) is 13.9. The van der Waals surface area contributed by atoms with Crippen LogP contribution < -0.4 is 10.1 Å². The number of aliphatic hydroxyl groups is 1. The molecular weight excluding hydrogens is 322 g/mol. The smallest absolute Gasteiger partial charge is 0.335 e. The minimum atomic E-state index is -1.07. The van der Waals surface area contributed by atoms with Crippen molar-refractivity contribution in [1.82, 2.24) is 5.32 Å². The van der Waals surface area contributed by atoms with Crippen LogP contribution in [-0.4, -0.2) is 41.3 Å². The second-order valence-electron chi connectivity index (χ2n) is 5.72. The summed E-state index contributed by atoms with van der Waals surface area (Å²) in [6.45, 7) is 2.02. The monoisotopic (exact) mass is 343 g/mol. The van der Waals surface area contributed by atoms with E-state index in [1.807, 2.05) is 25.1 Å². The van der Waals surface area contributed by atoms with E-state index in [-0.39, 0.29) is 31.0 Å². The molecule has 0 bridgehead atoms. The van der Waals surface area contributed by atoms with Crippen LogP contribution in [0.1, 0.15) is 21.5 Å². The Balaban J connectivity index is 1.79. The first-order valence-corrected chi connectivity index (χ1v) is 7.91. The molecule has 0 aliphatic rings. The summed E-state index contributed by atoms with van der Waals surface area (Å²) >= 11 is 0. The number of aliphatic hydroxyl groups excluding tert-OH is 1. The van der Waals surface area contributed by atoms with Crippen molar-refractivity contribution >= 4 is 11.9 Å². The number of rotatable bonds is 8. The molecule has 2 aromatic rings. The Morgan fingerprint density at radius 1 is 1.16 bits per heavy atom. The van der Waals surface area contributed by atoms with Crippen LogP contribution in [0, 0.1) is 6.92 Å². The fraction of sp³-hybridized carbons (Fsp3) is 0.263. The Kier molecular flexibility index (Phi) is 6.54. The van der Waals surface area contributed by atoms with E-state index in [1.54, 1.807) is 24.3 Å². The van der Waals surface area contributed by atoms with E-state index in [0.29, 0.717) is 11.3 Å². The molecule has 0 saturated heterocycles. The summed E-state index contributed by atoms with van der Waals surface area (Å²) in [7, 11) is 0. The molecule has 0 aliphatic carbocycles. The molecule has 0 heterocycles. The molecule has 1 atom stereocenters. The number of benzene rings is 2. The molecule has 0 aromatic heterocycles. The minimum Gasteiger partial charge on any atom is -0.491 e. The summed E-state index contributed by atoms with van der Waals surface area (Å²) < 4.78 is 5.47. The maximum atomic E-state index is 12.0. The Bertz CT molecular complexity index is 744. The average Bonchev–Trinajstić information content (AvgIpc) is 2.58. The van der Waals surface area contributed by atoms with E-state index in [1.165, 1.54) is 6.07 Å². The third-order valence-corrected chi connectivity index (χ3v) is 3.57. The normalized spacial score (nSPS) is 11.6. The average molecular weight is 343 g/mol. The van der Waals surface area contributed by atoms with E-state index in [2.05, 4.69) is 5.32 Å². The van der Waals surface area contributed by atoms with Crippen molar-refractivity contribution in [2.75, 3.05) is 13.2 Å². The lowest BCUT2D eigenvalue weighted by Crippen LogP contribution is -2.36. The summed E-state index contributed by atoms with van der Waals surface area (Å²) in [5.74, 6) is -0.779. The van der Waals surface area contributed by atoms with Crippen LogP contribution in [0.4, 0.5) is 0 Å². The summed E-state index contributed by atoms with van der Waals surface area (Å²) in [5, 5.41) is 21.6. The molecule has 3 N–H and O–H groups in total. The fourth-order valence-electron chi connectivity index (χ4n) is 2.31. The maximum absolute atomic E-state index is 12.0. The molecule has 1 unspecified atom stereocenters. The second-order valence-corrected chi connectivity index (χ2v) is 5.72. The number of carbonyl (C=O) groups excluding carboxylic acids is 1. The summed E-state index contributed by atoms with van der Waals surface area (Å²) in [6.07, 6.45) is -0.923. The SMILES string of the molecule is Cc1cccc(OCC(O)CNC(=O)Cc2ccccc2C(=O)O)c1. The van der Waals surface area contributed by atoms with Gasteiger partial charge in [0.2, 0.25) is 5.91 Å². The van der Waals surface area contributed by atoms with Crippen molar-refractivity contribution in [3.8, 4) is 5.75 Å². The summed E-state index contributed by atoms with van der Waals surface area (Å²) in [5.41, 5.74) is 1.58. The number of ether oxygens (including phenoxy) is 1. The largest absolute Gasteiger partial charge is 0.491 e. The number of hydrogen-bond acceptors (Lipinski definition) is 4. The van der Waals surface area contributed by atoms with Gasteiger partial charge in [-0.3, -0.25) is 4.79 Å². The van der Waals surface area contributed by atoms with Crippen molar-refractivity contribution in [1.29, 1.82) is 0 Å². The van der Waals surface area contributed by atoms with Crippen LogP contribution >= 0.6 is 0 Å². The van der Waals surface area contributed by atoms with Gasteiger partial charge in [-0.05, 0) is 36.2 Å². The molecule has 6 nitrogen and oxygen atoms in total. The second kappa shape index (κ2) is 8.84. The molecule has 0 aliphatic heterocycles. The number of aryl methyl sites for hydroxylation is 1. The molecule has 2 rings (SSSR count). The standard InChI is InChI=1S/C19H21NO5/c1-13-5-4-7-16(9-13)25-12-15(21)11-20-18(22)10-14-6-2-3-8-17(14)19(23)24/h2-9,15,21H,10-12H2,1H3,(H,20,22)(H,23,24). The molecular formula is C19H21NO5. The Labute approximate surface area is 146 Å². The van der Waals surface area contributed by atoms with Gasteiger partial charge in [0.1, 0.15) is 18.5 Å². The highest BCUT2D eigenvalue weighted by Gasteiger charge is 2.13. The highest BCUT2D eigenvalue weighted by molar-refractivity contribution is 5.91. The third-order valence-electron chi connectivity index (χ3n) is 3.57. The first-order chi connectivity index (χ1) is 12.0. The van der Waals surface area contributed by atoms with Crippen LogP contribution in [-0.2, 0) is 11.2 Å². The molecule has 25 heavy (non-hydrogen) atoms. The van der Waals surface area contributed by atoms with Crippen LogP contribution in [0.15, 0.2) is 48.5 Å². The van der Waals surface area contributed by atoms with Crippen molar-refractivity contribution in [2.24, 2.45) is 0 Å². The predicted molar refractivity (Wildman–Crippen MR) is 92.8 cm³/mol. The van der Waals surface area contributed by atoms with E-state index >= 15 is 0 Å². The number of amides is 1. The minimum absolute atomic E-state index is 0.0277. The molecule has 1 amide bonds. The van der Waals surface area contributed by atoms with Gasteiger partial charge in [0.25, 0.3) is 0 Å².